The molecule has 0 fully saturated rings. The average Bonchev–Trinajstić information content (AvgIpc) is 2.31. The van der Waals surface area contributed by atoms with Crippen molar-refractivity contribution in [1.29, 1.82) is 0 Å². The lowest BCUT2D eigenvalue weighted by molar-refractivity contribution is -0.137. The van der Waals surface area contributed by atoms with E-state index in [-0.39, 0.29) is 18.5 Å². The Morgan fingerprint density at radius 3 is 2.50 bits per heavy atom. The second kappa shape index (κ2) is 6.93. The van der Waals surface area contributed by atoms with Gasteiger partial charge in [-0.2, -0.15) is 0 Å². The maximum Gasteiger partial charge on any atom is 0.323 e. The summed E-state index contributed by atoms with van der Waals surface area (Å²) in [6.45, 7) is 7.84. The van der Waals surface area contributed by atoms with Gasteiger partial charge in [0.2, 0.25) is 0 Å². The van der Waals surface area contributed by atoms with Gasteiger partial charge in [0, 0.05) is 12.2 Å². The molecule has 1 aromatic rings. The van der Waals surface area contributed by atoms with Crippen molar-refractivity contribution in [3.8, 4) is 0 Å². The predicted octanol–water partition coefficient (Wildman–Crippen LogP) is 2.88. The highest BCUT2D eigenvalue weighted by Crippen LogP contribution is 2.17. The highest BCUT2D eigenvalue weighted by molar-refractivity contribution is 5.92. The van der Waals surface area contributed by atoms with Crippen LogP contribution in [0, 0.1) is 19.8 Å². The lowest BCUT2D eigenvalue weighted by atomic mass is 10.1. The third kappa shape index (κ3) is 4.91. The Hall–Kier alpha value is -2.04. The molecule has 0 aromatic heterocycles. The van der Waals surface area contributed by atoms with Crippen molar-refractivity contribution in [3.05, 3.63) is 29.3 Å². The molecule has 0 unspecified atom stereocenters. The third-order valence-electron chi connectivity index (χ3n) is 2.83. The first kappa shape index (κ1) is 16.0. The molecule has 5 heteroatoms. The molecule has 20 heavy (non-hydrogen) atoms. The molecule has 2 N–H and O–H groups in total. The number of urea groups is 1. The topological polar surface area (TPSA) is 69.6 Å². The van der Waals surface area contributed by atoms with Gasteiger partial charge in [-0.05, 0) is 37.0 Å². The predicted molar refractivity (Wildman–Crippen MR) is 79.0 cm³/mol. The molecule has 0 saturated heterocycles. The molecular weight excluding hydrogens is 256 g/mol. The summed E-state index contributed by atoms with van der Waals surface area (Å²) in [5, 5.41) is 11.7. The minimum absolute atomic E-state index is 0.207. The molecule has 0 aliphatic carbocycles. The first-order valence-corrected chi connectivity index (χ1v) is 6.64. The van der Waals surface area contributed by atoms with E-state index in [4.69, 9.17) is 5.11 Å². The van der Waals surface area contributed by atoms with Crippen molar-refractivity contribution in [2.75, 3.05) is 18.4 Å². The van der Waals surface area contributed by atoms with E-state index < -0.39 is 5.97 Å². The Bertz CT molecular complexity index is 498. The summed E-state index contributed by atoms with van der Waals surface area (Å²) in [5.41, 5.74) is 2.71. The zero-order valence-electron chi connectivity index (χ0n) is 12.4. The highest BCUT2D eigenvalue weighted by Gasteiger charge is 2.18. The molecule has 0 saturated carbocycles. The van der Waals surface area contributed by atoms with Gasteiger partial charge in [-0.3, -0.25) is 4.79 Å². The number of aryl methyl sites for hydroxylation is 2. The molecule has 1 rings (SSSR count). The Morgan fingerprint density at radius 2 is 1.95 bits per heavy atom. The van der Waals surface area contributed by atoms with Crippen molar-refractivity contribution in [1.82, 2.24) is 4.90 Å². The van der Waals surface area contributed by atoms with Crippen LogP contribution in [0.2, 0.25) is 0 Å². The Kier molecular flexibility index (Phi) is 5.55. The van der Waals surface area contributed by atoms with Gasteiger partial charge in [0.15, 0.2) is 0 Å². The van der Waals surface area contributed by atoms with Crippen LogP contribution in [0.4, 0.5) is 10.5 Å². The fourth-order valence-electron chi connectivity index (χ4n) is 1.89. The van der Waals surface area contributed by atoms with E-state index in [9.17, 15) is 9.59 Å². The van der Waals surface area contributed by atoms with Gasteiger partial charge in [-0.15, -0.1) is 0 Å². The number of nitrogens with one attached hydrogen (secondary N) is 1. The monoisotopic (exact) mass is 278 g/mol. The standard InChI is InChI=1S/C15H22N2O3/c1-10(2)8-17(9-14(18)19)15(20)16-13-7-11(3)5-6-12(13)4/h5-7,10H,8-9H2,1-4H3,(H,16,20)(H,18,19). The summed E-state index contributed by atoms with van der Waals surface area (Å²) >= 11 is 0. The van der Waals surface area contributed by atoms with Crippen LogP contribution in [0.15, 0.2) is 18.2 Å². The summed E-state index contributed by atoms with van der Waals surface area (Å²) in [6, 6.07) is 5.39. The van der Waals surface area contributed by atoms with Crippen molar-refractivity contribution in [2.45, 2.75) is 27.7 Å². The summed E-state index contributed by atoms with van der Waals surface area (Å²) in [7, 11) is 0. The van der Waals surface area contributed by atoms with Crippen molar-refractivity contribution in [2.24, 2.45) is 5.92 Å². The molecule has 0 aliphatic rings. The summed E-state index contributed by atoms with van der Waals surface area (Å²) < 4.78 is 0. The number of carbonyl (C=O) groups is 2. The van der Waals surface area contributed by atoms with Gasteiger partial charge in [-0.1, -0.05) is 26.0 Å². The van der Waals surface area contributed by atoms with Crippen molar-refractivity contribution in [3.63, 3.8) is 0 Å². The third-order valence-corrected chi connectivity index (χ3v) is 2.83. The molecule has 2 amide bonds. The molecular formula is C15H22N2O3. The van der Waals surface area contributed by atoms with Crippen LogP contribution >= 0.6 is 0 Å². The van der Waals surface area contributed by atoms with Crippen LogP contribution in [0.25, 0.3) is 0 Å². The molecule has 5 nitrogen and oxygen atoms in total. The van der Waals surface area contributed by atoms with Crippen LogP contribution in [0.3, 0.4) is 0 Å². The van der Waals surface area contributed by atoms with Gasteiger partial charge >= 0.3 is 12.0 Å². The second-order valence-electron chi connectivity index (χ2n) is 5.42. The molecule has 0 spiro atoms. The molecule has 0 aliphatic heterocycles. The number of anilines is 1. The lowest BCUT2D eigenvalue weighted by Crippen LogP contribution is -2.41. The number of rotatable bonds is 5. The molecule has 0 radical (unpaired) electrons. The van der Waals surface area contributed by atoms with E-state index in [1.54, 1.807) is 0 Å². The van der Waals surface area contributed by atoms with Gasteiger partial charge in [0.25, 0.3) is 0 Å². The van der Waals surface area contributed by atoms with Gasteiger partial charge in [0.05, 0.1) is 0 Å². The SMILES string of the molecule is Cc1ccc(C)c(NC(=O)N(CC(=O)O)CC(C)C)c1. The Balaban J connectivity index is 2.84. The van der Waals surface area contributed by atoms with Crippen molar-refractivity contribution >= 4 is 17.7 Å². The molecule has 1 aromatic carbocycles. The van der Waals surface area contributed by atoms with E-state index >= 15 is 0 Å². The molecule has 110 valence electrons. The quantitative estimate of drug-likeness (QED) is 0.870. The number of amides is 2. The number of carboxylic acid groups (broad SMARTS) is 1. The maximum absolute atomic E-state index is 12.2. The number of hydrogen-bond acceptors (Lipinski definition) is 2. The number of carboxylic acids is 1. The van der Waals surface area contributed by atoms with Crippen LogP contribution in [-0.2, 0) is 4.79 Å². The van der Waals surface area contributed by atoms with Gasteiger partial charge < -0.3 is 15.3 Å². The van der Waals surface area contributed by atoms with Crippen molar-refractivity contribution < 1.29 is 14.7 Å². The largest absolute Gasteiger partial charge is 0.480 e. The van der Waals surface area contributed by atoms with E-state index in [2.05, 4.69) is 5.32 Å². The number of hydrogen-bond donors (Lipinski definition) is 2. The number of nitrogens with zero attached hydrogens (tertiary/aromatic N) is 1. The zero-order valence-corrected chi connectivity index (χ0v) is 12.4. The van der Waals surface area contributed by atoms with E-state index in [0.717, 1.165) is 11.1 Å². The highest BCUT2D eigenvalue weighted by atomic mass is 16.4. The normalized spacial score (nSPS) is 10.4. The van der Waals surface area contributed by atoms with E-state index in [1.165, 1.54) is 4.90 Å². The van der Waals surface area contributed by atoms with Gasteiger partial charge in [-0.25, -0.2) is 4.79 Å². The minimum atomic E-state index is -1.01. The van der Waals surface area contributed by atoms with Crippen LogP contribution in [0.5, 0.6) is 0 Å². The van der Waals surface area contributed by atoms with Crippen LogP contribution in [-0.4, -0.2) is 35.1 Å². The van der Waals surface area contributed by atoms with Crippen LogP contribution in [0.1, 0.15) is 25.0 Å². The summed E-state index contributed by atoms with van der Waals surface area (Å²) in [4.78, 5) is 24.4. The Morgan fingerprint density at radius 1 is 1.30 bits per heavy atom. The van der Waals surface area contributed by atoms with E-state index in [1.807, 2.05) is 45.9 Å². The molecule has 0 bridgehead atoms. The van der Waals surface area contributed by atoms with Crippen LogP contribution < -0.4 is 5.32 Å². The molecule has 0 atom stereocenters. The fraction of sp³-hybridized carbons (Fsp3) is 0.467. The Labute approximate surface area is 119 Å². The number of benzene rings is 1. The average molecular weight is 278 g/mol. The maximum atomic E-state index is 12.2. The first-order valence-electron chi connectivity index (χ1n) is 6.64. The summed E-state index contributed by atoms with van der Waals surface area (Å²) in [5.74, 6) is -0.805. The van der Waals surface area contributed by atoms with E-state index in [0.29, 0.717) is 12.2 Å². The second-order valence-corrected chi connectivity index (χ2v) is 5.42. The first-order chi connectivity index (χ1) is 9.29. The summed E-state index contributed by atoms with van der Waals surface area (Å²) in [6.07, 6.45) is 0. The smallest absolute Gasteiger partial charge is 0.323 e. The van der Waals surface area contributed by atoms with Gasteiger partial charge in [0.1, 0.15) is 6.54 Å². The number of aliphatic carboxylic acids is 1. The lowest BCUT2D eigenvalue weighted by Gasteiger charge is -2.23. The minimum Gasteiger partial charge on any atom is -0.480 e. The fourth-order valence-corrected chi connectivity index (χ4v) is 1.89. The number of carbonyl (C=O) groups excluding carboxylic acids is 1. The zero-order chi connectivity index (χ0) is 15.3. The molecule has 0 heterocycles.